The number of hydrogen-bond acceptors (Lipinski definition) is 3. The van der Waals surface area contributed by atoms with Gasteiger partial charge in [0.05, 0.1) is 6.54 Å². The van der Waals surface area contributed by atoms with Crippen LogP contribution in [0.2, 0.25) is 10.0 Å². The number of halogens is 2. The Kier molecular flexibility index (Phi) is 6.39. The first kappa shape index (κ1) is 23.0. The van der Waals surface area contributed by atoms with Crippen molar-refractivity contribution in [2.24, 2.45) is 0 Å². The highest BCUT2D eigenvalue weighted by atomic mass is 35.5. The fourth-order valence-electron chi connectivity index (χ4n) is 4.76. The summed E-state index contributed by atoms with van der Waals surface area (Å²) in [5, 5.41) is 2.32. The normalized spacial score (nSPS) is 15.2. The van der Waals surface area contributed by atoms with E-state index in [9.17, 15) is 4.79 Å². The van der Waals surface area contributed by atoms with Crippen molar-refractivity contribution in [3.63, 3.8) is 0 Å². The summed E-state index contributed by atoms with van der Waals surface area (Å²) in [6.07, 6.45) is 1.39. The van der Waals surface area contributed by atoms with Crippen LogP contribution in [0.25, 0.3) is 11.0 Å². The van der Waals surface area contributed by atoms with Gasteiger partial charge in [-0.1, -0.05) is 59.6 Å². The van der Waals surface area contributed by atoms with Crippen molar-refractivity contribution in [1.29, 1.82) is 0 Å². The van der Waals surface area contributed by atoms with E-state index in [0.29, 0.717) is 34.3 Å². The molecule has 0 fully saturated rings. The standard InChI is InChI=1S/C28H25Cl2NO3/c1-17-23-13-21-15-31(11-10-20-8-9-22(29)14-25(20)30)16-33-26(21)18(2)27(23)34-28(32)24(17)12-19-6-4-3-5-7-19/h3-9,13-14H,10-12,15-16H2,1-2H3/p+1. The Morgan fingerprint density at radius 1 is 1.00 bits per heavy atom. The lowest BCUT2D eigenvalue weighted by Crippen LogP contribution is -3.12. The Hall–Kier alpha value is -2.79. The highest BCUT2D eigenvalue weighted by Crippen LogP contribution is 2.34. The van der Waals surface area contributed by atoms with Crippen LogP contribution in [0.3, 0.4) is 0 Å². The fourth-order valence-corrected chi connectivity index (χ4v) is 5.26. The molecular weight excluding hydrogens is 469 g/mol. The number of hydrogen-bond donors (Lipinski definition) is 1. The van der Waals surface area contributed by atoms with Gasteiger partial charge in [0, 0.05) is 45.0 Å². The molecule has 1 atom stereocenters. The van der Waals surface area contributed by atoms with E-state index >= 15 is 0 Å². The average molecular weight is 495 g/mol. The van der Waals surface area contributed by atoms with E-state index in [1.54, 1.807) is 6.07 Å². The summed E-state index contributed by atoms with van der Waals surface area (Å²) in [5.74, 6) is 0.833. The first-order valence-corrected chi connectivity index (χ1v) is 12.2. The Bertz CT molecular complexity index is 1430. The zero-order valence-electron chi connectivity index (χ0n) is 19.2. The molecule has 1 aliphatic heterocycles. The van der Waals surface area contributed by atoms with Gasteiger partial charge in [0.1, 0.15) is 17.9 Å². The molecule has 1 aliphatic rings. The molecule has 174 valence electrons. The van der Waals surface area contributed by atoms with Gasteiger partial charge in [-0.25, -0.2) is 4.79 Å². The minimum atomic E-state index is -0.278. The number of fused-ring (bicyclic) bond motifs is 2. The molecule has 5 rings (SSSR count). The van der Waals surface area contributed by atoms with Crippen LogP contribution in [0.15, 0.2) is 63.8 Å². The first-order chi connectivity index (χ1) is 16.4. The quantitative estimate of drug-likeness (QED) is 0.383. The van der Waals surface area contributed by atoms with Crippen molar-refractivity contribution in [1.82, 2.24) is 0 Å². The average Bonchev–Trinajstić information content (AvgIpc) is 2.83. The maximum atomic E-state index is 12.9. The second kappa shape index (κ2) is 9.46. The molecule has 0 saturated carbocycles. The molecule has 0 radical (unpaired) electrons. The molecule has 4 nitrogen and oxygen atoms in total. The van der Waals surface area contributed by atoms with Crippen LogP contribution in [-0.4, -0.2) is 13.3 Å². The van der Waals surface area contributed by atoms with Crippen LogP contribution >= 0.6 is 23.2 Å². The van der Waals surface area contributed by atoms with Gasteiger partial charge in [-0.3, -0.25) is 4.90 Å². The minimum Gasteiger partial charge on any atom is -0.444 e. The van der Waals surface area contributed by atoms with E-state index in [1.807, 2.05) is 56.3 Å². The van der Waals surface area contributed by atoms with E-state index in [0.717, 1.165) is 58.5 Å². The lowest BCUT2D eigenvalue weighted by atomic mass is 9.96. The molecule has 0 saturated heterocycles. The van der Waals surface area contributed by atoms with Gasteiger partial charge in [0.25, 0.3) is 0 Å². The highest BCUT2D eigenvalue weighted by Gasteiger charge is 2.26. The number of rotatable bonds is 5. The van der Waals surface area contributed by atoms with E-state index in [4.69, 9.17) is 32.4 Å². The molecule has 6 heteroatoms. The SMILES string of the molecule is Cc1c(Cc2ccccc2)c(=O)oc2c(C)c3c(cc12)C[NH+](CCc1ccc(Cl)cc1Cl)CO3. The summed E-state index contributed by atoms with van der Waals surface area (Å²) in [7, 11) is 0. The zero-order chi connectivity index (χ0) is 23.8. The minimum absolute atomic E-state index is 0.278. The monoisotopic (exact) mass is 494 g/mol. The third-order valence-corrected chi connectivity index (χ3v) is 7.27. The summed E-state index contributed by atoms with van der Waals surface area (Å²) in [6, 6.07) is 17.8. The number of nitrogens with one attached hydrogen (secondary N) is 1. The molecule has 2 heterocycles. The lowest BCUT2D eigenvalue weighted by molar-refractivity contribution is -0.932. The van der Waals surface area contributed by atoms with Crippen LogP contribution in [0, 0.1) is 13.8 Å². The summed E-state index contributed by atoms with van der Waals surface area (Å²) < 4.78 is 12.0. The van der Waals surface area contributed by atoms with Crippen LogP contribution in [0.1, 0.15) is 33.4 Å². The van der Waals surface area contributed by atoms with Gasteiger partial charge in [-0.2, -0.15) is 0 Å². The van der Waals surface area contributed by atoms with Crippen molar-refractivity contribution in [2.75, 3.05) is 13.3 Å². The molecule has 3 aromatic carbocycles. The molecular formula is C28H26Cl2NO3+. The lowest BCUT2D eigenvalue weighted by Gasteiger charge is -2.28. The van der Waals surface area contributed by atoms with Gasteiger partial charge in [0.2, 0.25) is 6.73 Å². The summed E-state index contributed by atoms with van der Waals surface area (Å²) >= 11 is 12.4. The summed E-state index contributed by atoms with van der Waals surface area (Å²) in [4.78, 5) is 14.2. The molecule has 0 bridgehead atoms. The fraction of sp³-hybridized carbons (Fsp3) is 0.250. The molecule has 4 aromatic rings. The predicted molar refractivity (Wildman–Crippen MR) is 136 cm³/mol. The number of quaternary nitrogens is 1. The van der Waals surface area contributed by atoms with Crippen molar-refractivity contribution >= 4 is 34.2 Å². The summed E-state index contributed by atoms with van der Waals surface area (Å²) in [6.45, 7) is 6.27. The Morgan fingerprint density at radius 3 is 2.56 bits per heavy atom. The Labute approximate surface area is 208 Å². The van der Waals surface area contributed by atoms with Crippen LogP contribution < -0.4 is 15.3 Å². The van der Waals surface area contributed by atoms with E-state index < -0.39 is 0 Å². The third kappa shape index (κ3) is 4.46. The summed E-state index contributed by atoms with van der Waals surface area (Å²) in [5.41, 5.74) is 6.22. The van der Waals surface area contributed by atoms with Crippen molar-refractivity contribution in [3.05, 3.63) is 108 Å². The Morgan fingerprint density at radius 2 is 1.79 bits per heavy atom. The van der Waals surface area contributed by atoms with Gasteiger partial charge in [0.15, 0.2) is 0 Å². The van der Waals surface area contributed by atoms with Crippen molar-refractivity contribution < 1.29 is 14.1 Å². The van der Waals surface area contributed by atoms with Crippen molar-refractivity contribution in [2.45, 2.75) is 33.2 Å². The van der Waals surface area contributed by atoms with Gasteiger partial charge < -0.3 is 9.15 Å². The van der Waals surface area contributed by atoms with E-state index in [2.05, 4.69) is 6.07 Å². The number of benzene rings is 3. The van der Waals surface area contributed by atoms with Crippen LogP contribution in [-0.2, 0) is 19.4 Å². The molecule has 0 aliphatic carbocycles. The van der Waals surface area contributed by atoms with E-state index in [-0.39, 0.29) is 5.63 Å². The van der Waals surface area contributed by atoms with E-state index in [1.165, 1.54) is 4.90 Å². The molecule has 34 heavy (non-hydrogen) atoms. The third-order valence-electron chi connectivity index (χ3n) is 6.68. The highest BCUT2D eigenvalue weighted by molar-refractivity contribution is 6.35. The van der Waals surface area contributed by atoms with Gasteiger partial charge >= 0.3 is 5.63 Å². The number of ether oxygens (including phenoxy) is 1. The largest absolute Gasteiger partial charge is 0.444 e. The Balaban J connectivity index is 1.44. The predicted octanol–water partition coefficient (Wildman–Crippen LogP) is 5.28. The van der Waals surface area contributed by atoms with Crippen LogP contribution in [0.5, 0.6) is 5.75 Å². The first-order valence-electron chi connectivity index (χ1n) is 11.4. The second-order valence-corrected chi connectivity index (χ2v) is 9.82. The molecule has 0 amide bonds. The molecule has 1 N–H and O–H groups in total. The van der Waals surface area contributed by atoms with Crippen molar-refractivity contribution in [3.8, 4) is 5.75 Å². The smallest absolute Gasteiger partial charge is 0.340 e. The van der Waals surface area contributed by atoms with Gasteiger partial charge in [-0.15, -0.1) is 0 Å². The second-order valence-electron chi connectivity index (χ2n) is 8.97. The van der Waals surface area contributed by atoms with Gasteiger partial charge in [-0.05, 0) is 48.7 Å². The molecule has 1 aromatic heterocycles. The maximum Gasteiger partial charge on any atom is 0.340 e. The molecule has 1 unspecified atom stereocenters. The maximum absolute atomic E-state index is 12.9. The molecule has 0 spiro atoms. The zero-order valence-corrected chi connectivity index (χ0v) is 20.7. The number of aryl methyl sites for hydroxylation is 2. The topological polar surface area (TPSA) is 43.9 Å². The van der Waals surface area contributed by atoms with Crippen LogP contribution in [0.4, 0.5) is 0 Å².